The van der Waals surface area contributed by atoms with Gasteiger partial charge in [-0.05, 0) is 18.6 Å². The number of hydrogen-bond acceptors (Lipinski definition) is 3. The number of nitrogens with two attached hydrogens (primary N) is 1. The Morgan fingerprint density at radius 3 is 2.83 bits per heavy atom. The molecule has 96 valence electrons. The van der Waals surface area contributed by atoms with Crippen molar-refractivity contribution in [3.05, 3.63) is 34.9 Å². The molecule has 0 fully saturated rings. The van der Waals surface area contributed by atoms with E-state index in [-0.39, 0.29) is 11.6 Å². The van der Waals surface area contributed by atoms with Crippen molar-refractivity contribution in [2.24, 2.45) is 5.73 Å². The van der Waals surface area contributed by atoms with E-state index in [9.17, 15) is 4.39 Å². The average molecular weight is 269 g/mol. The Labute approximate surface area is 110 Å². The number of nitrogens with zero attached hydrogens (tertiary/aromatic N) is 3. The van der Waals surface area contributed by atoms with Crippen LogP contribution < -0.4 is 5.73 Å². The number of benzene rings is 1. The van der Waals surface area contributed by atoms with Crippen molar-refractivity contribution in [3.63, 3.8) is 0 Å². The van der Waals surface area contributed by atoms with E-state index in [0.717, 1.165) is 6.42 Å². The van der Waals surface area contributed by atoms with E-state index >= 15 is 0 Å². The summed E-state index contributed by atoms with van der Waals surface area (Å²) in [4.78, 5) is 0. The highest BCUT2D eigenvalue weighted by atomic mass is 35.5. The Morgan fingerprint density at radius 1 is 1.39 bits per heavy atom. The van der Waals surface area contributed by atoms with Crippen LogP contribution in [0.2, 0.25) is 5.02 Å². The lowest BCUT2D eigenvalue weighted by atomic mass is 10.2. The summed E-state index contributed by atoms with van der Waals surface area (Å²) in [6.07, 6.45) is 0.889. The molecule has 0 aliphatic heterocycles. The molecular formula is C12H14ClFN4. The smallest absolute Gasteiger partial charge is 0.167 e. The average Bonchev–Trinajstić information content (AvgIpc) is 2.76. The first kappa shape index (κ1) is 13.0. The molecule has 4 nitrogen and oxygen atoms in total. The van der Waals surface area contributed by atoms with Crippen LogP contribution in [0.5, 0.6) is 0 Å². The van der Waals surface area contributed by atoms with Crippen LogP contribution in [0.15, 0.2) is 18.2 Å². The quantitative estimate of drug-likeness (QED) is 0.927. The predicted molar refractivity (Wildman–Crippen MR) is 68.6 cm³/mol. The lowest BCUT2D eigenvalue weighted by molar-refractivity contribution is 0.618. The molecule has 0 aliphatic carbocycles. The monoisotopic (exact) mass is 268 g/mol. The van der Waals surface area contributed by atoms with Crippen molar-refractivity contribution in [2.75, 3.05) is 0 Å². The summed E-state index contributed by atoms with van der Waals surface area (Å²) in [5.74, 6) is 0.635. The minimum atomic E-state index is -0.479. The number of rotatable bonds is 4. The molecule has 0 unspecified atom stereocenters. The van der Waals surface area contributed by atoms with Gasteiger partial charge in [0.1, 0.15) is 5.82 Å². The summed E-state index contributed by atoms with van der Waals surface area (Å²) in [6.45, 7) is 2.99. The predicted octanol–water partition coefficient (Wildman–Crippen LogP) is 2.61. The number of aromatic nitrogens is 3. The molecule has 0 saturated heterocycles. The fourth-order valence-electron chi connectivity index (χ4n) is 1.82. The van der Waals surface area contributed by atoms with Crippen LogP contribution in [-0.2, 0) is 13.1 Å². The Bertz CT molecular complexity index is 553. The summed E-state index contributed by atoms with van der Waals surface area (Å²) in [5, 5.41) is 8.07. The first-order chi connectivity index (χ1) is 8.69. The maximum Gasteiger partial charge on any atom is 0.167 e. The fraction of sp³-hybridized carbons (Fsp3) is 0.333. The largest absolute Gasteiger partial charge is 0.324 e. The Balaban J connectivity index is 2.56. The second-order valence-corrected chi connectivity index (χ2v) is 4.30. The number of hydrogen-bond donors (Lipinski definition) is 1. The second kappa shape index (κ2) is 5.46. The molecule has 2 aromatic rings. The molecule has 0 atom stereocenters. The first-order valence-electron chi connectivity index (χ1n) is 5.75. The van der Waals surface area contributed by atoms with Gasteiger partial charge in [-0.3, -0.25) is 0 Å². The van der Waals surface area contributed by atoms with Gasteiger partial charge in [-0.2, -0.15) is 0 Å². The van der Waals surface area contributed by atoms with Crippen molar-refractivity contribution in [3.8, 4) is 11.4 Å². The van der Waals surface area contributed by atoms with Gasteiger partial charge in [-0.1, -0.05) is 24.6 Å². The van der Waals surface area contributed by atoms with E-state index in [1.165, 1.54) is 6.07 Å². The standard InChI is InChI=1S/C12H14ClFN4/c1-2-6-18-10(7-15)16-17-12(18)8-4-3-5-9(13)11(8)14/h3-5H,2,6-7,15H2,1H3. The van der Waals surface area contributed by atoms with Crippen molar-refractivity contribution < 1.29 is 4.39 Å². The van der Waals surface area contributed by atoms with Crippen molar-refractivity contribution >= 4 is 11.6 Å². The maximum absolute atomic E-state index is 14.0. The summed E-state index contributed by atoms with van der Waals surface area (Å²) >= 11 is 5.78. The zero-order chi connectivity index (χ0) is 13.1. The molecule has 1 aromatic heterocycles. The van der Waals surface area contributed by atoms with Crippen molar-refractivity contribution in [1.29, 1.82) is 0 Å². The Kier molecular flexibility index (Phi) is 3.93. The molecule has 0 amide bonds. The third kappa shape index (κ3) is 2.23. The van der Waals surface area contributed by atoms with Crippen LogP contribution in [0.4, 0.5) is 4.39 Å². The second-order valence-electron chi connectivity index (χ2n) is 3.90. The van der Waals surface area contributed by atoms with Gasteiger partial charge in [-0.15, -0.1) is 10.2 Å². The molecule has 1 heterocycles. The highest BCUT2D eigenvalue weighted by Crippen LogP contribution is 2.26. The van der Waals surface area contributed by atoms with E-state index in [2.05, 4.69) is 10.2 Å². The molecule has 1 aromatic carbocycles. The SMILES string of the molecule is CCCn1c(CN)nnc1-c1cccc(Cl)c1F. The van der Waals surface area contributed by atoms with Crippen molar-refractivity contribution in [1.82, 2.24) is 14.8 Å². The van der Waals surface area contributed by atoms with Gasteiger partial charge in [0.2, 0.25) is 0 Å². The zero-order valence-corrected chi connectivity index (χ0v) is 10.8. The Morgan fingerprint density at radius 2 is 2.17 bits per heavy atom. The van der Waals surface area contributed by atoms with Crippen LogP contribution >= 0.6 is 11.6 Å². The van der Waals surface area contributed by atoms with E-state index in [4.69, 9.17) is 17.3 Å². The minimum Gasteiger partial charge on any atom is -0.324 e. The zero-order valence-electron chi connectivity index (χ0n) is 10.0. The van der Waals surface area contributed by atoms with Gasteiger partial charge in [-0.25, -0.2) is 4.39 Å². The summed E-state index contributed by atoms with van der Waals surface area (Å²) in [6, 6.07) is 4.83. The topological polar surface area (TPSA) is 56.7 Å². The molecule has 0 bridgehead atoms. The summed E-state index contributed by atoms with van der Waals surface area (Å²) in [5.41, 5.74) is 5.95. The van der Waals surface area contributed by atoms with Crippen LogP contribution in [0.3, 0.4) is 0 Å². The fourth-order valence-corrected chi connectivity index (χ4v) is 2.00. The molecule has 2 rings (SSSR count). The lowest BCUT2D eigenvalue weighted by Gasteiger charge is -2.09. The van der Waals surface area contributed by atoms with Gasteiger partial charge in [0.15, 0.2) is 11.6 Å². The van der Waals surface area contributed by atoms with Gasteiger partial charge in [0.05, 0.1) is 17.1 Å². The van der Waals surface area contributed by atoms with Crippen molar-refractivity contribution in [2.45, 2.75) is 26.4 Å². The van der Waals surface area contributed by atoms with E-state index < -0.39 is 5.82 Å². The molecule has 18 heavy (non-hydrogen) atoms. The van der Waals surface area contributed by atoms with E-state index in [1.807, 2.05) is 11.5 Å². The lowest BCUT2D eigenvalue weighted by Crippen LogP contribution is -2.09. The summed E-state index contributed by atoms with van der Waals surface area (Å²) < 4.78 is 15.8. The van der Waals surface area contributed by atoms with Crippen LogP contribution in [0.1, 0.15) is 19.2 Å². The van der Waals surface area contributed by atoms with E-state index in [1.54, 1.807) is 12.1 Å². The minimum absolute atomic E-state index is 0.0767. The molecule has 0 radical (unpaired) electrons. The van der Waals surface area contributed by atoms with Gasteiger partial charge < -0.3 is 10.3 Å². The molecular weight excluding hydrogens is 255 g/mol. The molecule has 0 aliphatic rings. The number of halogens is 2. The van der Waals surface area contributed by atoms with Crippen LogP contribution in [-0.4, -0.2) is 14.8 Å². The third-order valence-electron chi connectivity index (χ3n) is 2.65. The van der Waals surface area contributed by atoms with Crippen LogP contribution in [0, 0.1) is 5.82 Å². The molecule has 0 saturated carbocycles. The third-order valence-corrected chi connectivity index (χ3v) is 2.94. The first-order valence-corrected chi connectivity index (χ1v) is 6.13. The maximum atomic E-state index is 14.0. The van der Waals surface area contributed by atoms with Gasteiger partial charge in [0.25, 0.3) is 0 Å². The van der Waals surface area contributed by atoms with Crippen LogP contribution in [0.25, 0.3) is 11.4 Å². The van der Waals surface area contributed by atoms with E-state index in [0.29, 0.717) is 23.8 Å². The molecule has 6 heteroatoms. The Hall–Kier alpha value is -1.46. The molecule has 0 spiro atoms. The van der Waals surface area contributed by atoms with Gasteiger partial charge in [0, 0.05) is 6.54 Å². The highest BCUT2D eigenvalue weighted by Gasteiger charge is 2.16. The normalized spacial score (nSPS) is 10.9. The highest BCUT2D eigenvalue weighted by molar-refractivity contribution is 6.31. The van der Waals surface area contributed by atoms with Gasteiger partial charge >= 0.3 is 0 Å². The molecule has 2 N–H and O–H groups in total. The summed E-state index contributed by atoms with van der Waals surface area (Å²) in [7, 11) is 0.